The molecule has 4 unspecified atom stereocenters. The maximum Gasteiger partial charge on any atom is 0.497 e. The van der Waals surface area contributed by atoms with Gasteiger partial charge in [0.05, 0.1) is 29.3 Å². The van der Waals surface area contributed by atoms with Gasteiger partial charge in [0.15, 0.2) is 11.3 Å². The van der Waals surface area contributed by atoms with Gasteiger partial charge in [0.2, 0.25) is 0 Å². The monoisotopic (exact) mass is 1550 g/mol. The molecule has 0 radical (unpaired) electrons. The van der Waals surface area contributed by atoms with Crippen LogP contribution >= 0.6 is 15.9 Å². The van der Waals surface area contributed by atoms with Gasteiger partial charge in [-0.1, -0.05) is 141 Å². The number of fused-ring (bicyclic) bond motifs is 6. The zero-order valence-corrected chi connectivity index (χ0v) is 70.6. The third-order valence-corrected chi connectivity index (χ3v) is 29.1. The standard InChI is InChI=1S/C37H52FN5O2Si2.C31H48BrN5O2Si2.C12H16BFO2/c1-46(2,3)17-15-44-25-42(26-45-16-18-47(4,5)6)36-22-35(30-20-27-11-12-28(19-27)21-30)41-37-32(24-40-43(36)37)29-13-14-34(39-23-29)31-9-7-8-10-33(31)38;1-40(2,3)13-11-38-21-36(22-39-12-14-41(4,5)6)30-18-28(26-16-23-7-8-24(15-23)17-26)35-31-27(20-34-37(30)31)25-9-10-29(32)33-19-25;1-11(2)12(3,4)16-13(15-11)9-7-5-6-8-10(9)14/h7-10,13-14,22-24,27-28,30H,11-12,15-21,25-26H2,1-6H3;9-10,18-20,23-24,26H,7-8,11-17,21-22H2,1-6H3;5-8H,1-4H3. The fourth-order valence-electron chi connectivity index (χ4n) is 14.8. The van der Waals surface area contributed by atoms with Crippen LogP contribution < -0.4 is 15.3 Å². The number of ether oxygens (including phenoxy) is 4. The second-order valence-corrected chi connectivity index (χ2v) is 59.3. The van der Waals surface area contributed by atoms with Crippen molar-refractivity contribution in [3.05, 3.63) is 137 Å². The van der Waals surface area contributed by atoms with Gasteiger partial charge in [-0.2, -0.15) is 19.2 Å². The fourth-order valence-corrected chi connectivity index (χ4v) is 18.1. The van der Waals surface area contributed by atoms with Gasteiger partial charge in [-0.25, -0.2) is 23.7 Å². The van der Waals surface area contributed by atoms with Crippen molar-refractivity contribution in [3.63, 3.8) is 0 Å². The van der Waals surface area contributed by atoms with Crippen molar-refractivity contribution in [1.82, 2.24) is 39.2 Å². The number of benzene rings is 2. The largest absolute Gasteiger partial charge is 0.497 e. The molecule has 2 aromatic carbocycles. The lowest BCUT2D eigenvalue weighted by Crippen LogP contribution is -2.41. The molecular weight excluding hydrogens is 1440 g/mol. The third-order valence-electron chi connectivity index (χ3n) is 21.9. The normalized spacial score (nSPS) is 20.7. The van der Waals surface area contributed by atoms with Crippen molar-refractivity contribution in [2.45, 2.75) is 218 Å². The smallest absolute Gasteiger partial charge is 0.399 e. The summed E-state index contributed by atoms with van der Waals surface area (Å²) in [6.45, 7) is 41.3. The second-order valence-electron chi connectivity index (χ2n) is 36.0. The molecule has 4 aliphatic carbocycles. The molecule has 4 saturated carbocycles. The molecule has 8 aromatic rings. The average Bonchev–Trinajstić information content (AvgIpc) is 1.60. The summed E-state index contributed by atoms with van der Waals surface area (Å²) in [4.78, 5) is 24.2. The Labute approximate surface area is 631 Å². The molecule has 0 amide bonds. The van der Waals surface area contributed by atoms with Crippen LogP contribution in [-0.4, -0.2) is 143 Å². The van der Waals surface area contributed by atoms with Crippen LogP contribution in [0.25, 0.3) is 44.8 Å². The number of halogens is 3. The maximum atomic E-state index is 14.5. The van der Waals surface area contributed by atoms with Crippen molar-refractivity contribution in [2.75, 3.05) is 63.2 Å². The molecule has 0 N–H and O–H groups in total. The fraction of sp³-hybridized carbons (Fsp3) is 0.575. The van der Waals surface area contributed by atoms with E-state index >= 15 is 0 Å². The molecule has 5 aliphatic rings. The summed E-state index contributed by atoms with van der Waals surface area (Å²) in [6.07, 6.45) is 20.6. The minimum absolute atomic E-state index is 0.277. The molecule has 1 aliphatic heterocycles. The molecule has 4 bridgehead atoms. The summed E-state index contributed by atoms with van der Waals surface area (Å²) in [7, 11) is -5.46. The summed E-state index contributed by atoms with van der Waals surface area (Å²) in [5, 5.41) is 9.78. The third kappa shape index (κ3) is 21.3. The number of aromatic nitrogens is 8. The topological polar surface area (TPSA) is 148 Å². The van der Waals surface area contributed by atoms with Crippen LogP contribution in [0, 0.1) is 35.3 Å². The molecule has 5 fully saturated rings. The summed E-state index contributed by atoms with van der Waals surface area (Å²) in [5.74, 6) is 5.57. The summed E-state index contributed by atoms with van der Waals surface area (Å²) >= 11 is 3.48. The molecule has 7 heterocycles. The first-order chi connectivity index (χ1) is 49.2. The zero-order valence-electron chi connectivity index (χ0n) is 65.0. The van der Waals surface area contributed by atoms with E-state index in [-0.39, 0.29) is 11.6 Å². The molecule has 562 valence electrons. The Kier molecular flexibility index (Phi) is 26.1. The molecule has 104 heavy (non-hydrogen) atoms. The van der Waals surface area contributed by atoms with E-state index in [2.05, 4.69) is 132 Å². The van der Waals surface area contributed by atoms with Crippen LogP contribution in [0.5, 0.6) is 0 Å². The van der Waals surface area contributed by atoms with E-state index in [9.17, 15) is 8.78 Å². The number of nitrogens with zero attached hydrogens (tertiary/aromatic N) is 10. The minimum Gasteiger partial charge on any atom is -0.399 e. The maximum absolute atomic E-state index is 14.5. The predicted octanol–water partition coefficient (Wildman–Crippen LogP) is 19.7. The number of hydrogen-bond acceptors (Lipinski definition) is 14. The second kappa shape index (κ2) is 34.0. The molecule has 4 atom stereocenters. The molecular formula is C80H116BBrF2N10O6Si4. The van der Waals surface area contributed by atoms with Gasteiger partial charge in [-0.3, -0.25) is 4.98 Å². The Morgan fingerprint density at radius 1 is 0.481 bits per heavy atom. The molecule has 13 rings (SSSR count). The van der Waals surface area contributed by atoms with E-state index in [0.717, 1.165) is 130 Å². The molecule has 6 aromatic heterocycles. The number of anilines is 2. The number of pyridine rings is 2. The van der Waals surface area contributed by atoms with E-state index in [0.29, 0.717) is 55.5 Å². The van der Waals surface area contributed by atoms with Gasteiger partial charge in [0.1, 0.15) is 54.8 Å². The predicted molar refractivity (Wildman–Crippen MR) is 434 cm³/mol. The highest BCUT2D eigenvalue weighted by atomic mass is 79.9. The molecule has 0 spiro atoms. The van der Waals surface area contributed by atoms with Crippen molar-refractivity contribution in [3.8, 4) is 33.5 Å². The van der Waals surface area contributed by atoms with E-state index in [1.165, 1.54) is 82.0 Å². The number of hydrogen-bond donors (Lipinski definition) is 0. The van der Waals surface area contributed by atoms with Crippen LogP contribution in [0.1, 0.15) is 115 Å². The summed E-state index contributed by atoms with van der Waals surface area (Å²) in [6, 6.07) is 30.3. The SMILES string of the molecule is CC1(C)OB(c2ccccc2F)OC1(C)C.C[Si](C)(C)CCOCN(COCC[Si](C)(C)C)c1cc(C2CC3CCC(C3)C2)nc2c(-c3ccc(-c4ccccc4F)nc3)cnn12.C[Si](C)(C)CCOCN(COCC[Si](C)(C)C)c1cc(C2CC3CCC(C3)C2)nc2c(-c3ccc(Br)nc3)cnn12. The highest BCUT2D eigenvalue weighted by Gasteiger charge is 2.52. The first-order valence-corrected chi connectivity index (χ1v) is 53.9. The van der Waals surface area contributed by atoms with E-state index < -0.39 is 50.6 Å². The average molecular weight is 1550 g/mol. The Hall–Kier alpha value is -5.39. The minimum atomic E-state index is -1.23. The van der Waals surface area contributed by atoms with Crippen LogP contribution in [0.15, 0.2) is 114 Å². The van der Waals surface area contributed by atoms with E-state index in [1.54, 1.807) is 30.3 Å². The van der Waals surface area contributed by atoms with Crippen molar-refractivity contribution in [1.29, 1.82) is 0 Å². The lowest BCUT2D eigenvalue weighted by molar-refractivity contribution is 0.00578. The van der Waals surface area contributed by atoms with Crippen LogP contribution in [0.3, 0.4) is 0 Å². The molecule has 1 saturated heterocycles. The van der Waals surface area contributed by atoms with E-state index in [4.69, 9.17) is 48.4 Å². The summed E-state index contributed by atoms with van der Waals surface area (Å²) < 4.78 is 69.7. The van der Waals surface area contributed by atoms with Crippen LogP contribution in [0.4, 0.5) is 20.4 Å². The Balaban J connectivity index is 0.000000173. The first kappa shape index (κ1) is 79.6. The highest BCUT2D eigenvalue weighted by molar-refractivity contribution is 9.10. The lowest BCUT2D eigenvalue weighted by Gasteiger charge is -2.32. The molecule has 16 nitrogen and oxygen atoms in total. The quantitative estimate of drug-likeness (QED) is 0.0198. The van der Waals surface area contributed by atoms with Gasteiger partial charge < -0.3 is 38.1 Å². The lowest BCUT2D eigenvalue weighted by atomic mass is 9.79. The van der Waals surface area contributed by atoms with Crippen molar-refractivity contribution in [2.24, 2.45) is 23.7 Å². The zero-order chi connectivity index (χ0) is 74.4. The Morgan fingerprint density at radius 2 is 0.865 bits per heavy atom. The van der Waals surface area contributed by atoms with Gasteiger partial charge in [-0.05, 0) is 166 Å². The Bertz CT molecular complexity index is 4040. The first-order valence-electron chi connectivity index (χ1n) is 38.2. The number of rotatable bonds is 28. The summed E-state index contributed by atoms with van der Waals surface area (Å²) in [5.41, 5.74) is 8.56. The Morgan fingerprint density at radius 3 is 1.23 bits per heavy atom. The van der Waals surface area contributed by atoms with Crippen LogP contribution in [0.2, 0.25) is 103 Å². The van der Waals surface area contributed by atoms with Gasteiger partial charge in [0.25, 0.3) is 0 Å². The van der Waals surface area contributed by atoms with Crippen molar-refractivity contribution >= 4 is 83.7 Å². The van der Waals surface area contributed by atoms with Gasteiger partial charge in [0, 0.05) is 140 Å². The van der Waals surface area contributed by atoms with Crippen LogP contribution in [-0.2, 0) is 28.3 Å². The van der Waals surface area contributed by atoms with E-state index in [1.807, 2.05) is 85.8 Å². The van der Waals surface area contributed by atoms with Gasteiger partial charge >= 0.3 is 7.12 Å². The molecule has 24 heteroatoms. The van der Waals surface area contributed by atoms with Gasteiger partial charge in [-0.15, -0.1) is 0 Å². The highest BCUT2D eigenvalue weighted by Crippen LogP contribution is 2.50. The van der Waals surface area contributed by atoms with Crippen molar-refractivity contribution < 1.29 is 37.0 Å².